The number of anilines is 1. The molecule has 1 aromatic carbocycles. The van der Waals surface area contributed by atoms with Crippen LogP contribution in [-0.2, 0) is 16.0 Å². The molecule has 3 rings (SSSR count). The van der Waals surface area contributed by atoms with Crippen LogP contribution in [0.5, 0.6) is 0 Å². The van der Waals surface area contributed by atoms with Crippen LogP contribution < -0.4 is 4.90 Å². The van der Waals surface area contributed by atoms with Gasteiger partial charge in [-0.05, 0) is 30.3 Å². The zero-order valence-electron chi connectivity index (χ0n) is 15.8. The van der Waals surface area contributed by atoms with Crippen LogP contribution in [0.25, 0.3) is 0 Å². The maximum atomic E-state index is 12.8. The van der Waals surface area contributed by atoms with E-state index in [1.165, 1.54) is 30.5 Å². The maximum absolute atomic E-state index is 12.8. The smallest absolute Gasteiger partial charge is 0.372 e. The van der Waals surface area contributed by atoms with Crippen molar-refractivity contribution in [1.82, 2.24) is 9.88 Å². The van der Waals surface area contributed by atoms with E-state index in [-0.39, 0.29) is 15.7 Å². The molecule has 0 amide bonds. The Morgan fingerprint density at radius 3 is 2.26 bits per heavy atom. The zero-order chi connectivity index (χ0) is 22.8. The van der Waals surface area contributed by atoms with Gasteiger partial charge >= 0.3 is 6.18 Å². The minimum absolute atomic E-state index is 0.0518. The lowest BCUT2D eigenvalue weighted by atomic mass is 10.2. The quantitative estimate of drug-likeness (QED) is 0.592. The number of benzene rings is 1. The minimum atomic E-state index is -4.54. The van der Waals surface area contributed by atoms with Crippen molar-refractivity contribution < 1.29 is 21.6 Å². The average Bonchev–Trinajstić information content (AvgIpc) is 2.72. The van der Waals surface area contributed by atoms with E-state index >= 15 is 0 Å². The van der Waals surface area contributed by atoms with Crippen LogP contribution >= 0.6 is 23.2 Å². The molecule has 0 radical (unpaired) electrons. The molecule has 0 unspecified atom stereocenters. The van der Waals surface area contributed by atoms with Gasteiger partial charge in [-0.25, -0.2) is 13.4 Å². The Bertz CT molecular complexity index is 1140. The molecular formula is C19H15Cl2F3N4O2S. The van der Waals surface area contributed by atoms with E-state index in [9.17, 15) is 26.9 Å². The Hall–Kier alpha value is -2.48. The van der Waals surface area contributed by atoms with E-state index in [1.807, 2.05) is 0 Å². The molecule has 1 aromatic heterocycles. The summed E-state index contributed by atoms with van der Waals surface area (Å²) < 4.78 is 63.7. The second-order valence-electron chi connectivity index (χ2n) is 6.61. The predicted molar refractivity (Wildman–Crippen MR) is 110 cm³/mol. The van der Waals surface area contributed by atoms with Crippen molar-refractivity contribution in [3.8, 4) is 6.07 Å². The summed E-state index contributed by atoms with van der Waals surface area (Å²) in [6, 6.07) is 8.02. The first-order chi connectivity index (χ1) is 14.5. The highest BCUT2D eigenvalue weighted by Crippen LogP contribution is 2.33. The maximum Gasteiger partial charge on any atom is 0.417 e. The molecule has 0 N–H and O–H groups in total. The molecule has 0 aliphatic carbocycles. The third-order valence-corrected chi connectivity index (χ3v) is 6.78. The first-order valence-corrected chi connectivity index (χ1v) is 11.1. The Morgan fingerprint density at radius 1 is 1.13 bits per heavy atom. The van der Waals surface area contributed by atoms with Gasteiger partial charge in [0, 0.05) is 43.6 Å². The molecular weight excluding hydrogens is 476 g/mol. The van der Waals surface area contributed by atoms with Gasteiger partial charge in [-0.2, -0.15) is 18.4 Å². The van der Waals surface area contributed by atoms with E-state index in [0.29, 0.717) is 31.2 Å². The molecule has 1 saturated heterocycles. The number of rotatable bonds is 4. The Kier molecular flexibility index (Phi) is 6.69. The Balaban J connectivity index is 1.73. The van der Waals surface area contributed by atoms with Gasteiger partial charge in [0.2, 0.25) is 9.84 Å². The van der Waals surface area contributed by atoms with Crippen molar-refractivity contribution >= 4 is 38.9 Å². The van der Waals surface area contributed by atoms with Crippen molar-refractivity contribution in [2.75, 3.05) is 31.1 Å². The van der Waals surface area contributed by atoms with Crippen LogP contribution in [0.15, 0.2) is 52.5 Å². The number of hydrogen-bond donors (Lipinski definition) is 0. The van der Waals surface area contributed by atoms with E-state index in [2.05, 4.69) is 4.98 Å². The lowest BCUT2D eigenvalue weighted by molar-refractivity contribution is -0.137. The summed E-state index contributed by atoms with van der Waals surface area (Å²) in [4.78, 5) is 6.72. The van der Waals surface area contributed by atoms with Gasteiger partial charge in [-0.1, -0.05) is 23.2 Å². The summed E-state index contributed by atoms with van der Waals surface area (Å²) in [7, 11) is -4.01. The van der Waals surface area contributed by atoms with Gasteiger partial charge in [0.1, 0.15) is 11.9 Å². The summed E-state index contributed by atoms with van der Waals surface area (Å²) in [5.41, 5.74) is -0.936. The van der Waals surface area contributed by atoms with Gasteiger partial charge in [-0.3, -0.25) is 0 Å². The van der Waals surface area contributed by atoms with E-state index in [0.717, 1.165) is 12.3 Å². The fraction of sp³-hybridized carbons (Fsp3) is 0.263. The van der Waals surface area contributed by atoms with E-state index < -0.39 is 26.5 Å². The lowest BCUT2D eigenvalue weighted by Gasteiger charge is -2.35. The molecule has 12 heteroatoms. The number of sulfone groups is 1. The predicted octanol–water partition coefficient (Wildman–Crippen LogP) is 4.37. The van der Waals surface area contributed by atoms with Crippen LogP contribution in [-0.4, -0.2) is 44.5 Å². The first kappa shape index (κ1) is 23.2. The molecule has 2 aromatic rings. The van der Waals surface area contributed by atoms with Crippen LogP contribution in [0, 0.1) is 11.3 Å². The summed E-state index contributed by atoms with van der Waals surface area (Å²) in [5, 5.41) is 9.63. The zero-order valence-corrected chi connectivity index (χ0v) is 18.1. The monoisotopic (exact) mass is 490 g/mol. The summed E-state index contributed by atoms with van der Waals surface area (Å²) >= 11 is 11.8. The molecule has 0 atom stereocenters. The topological polar surface area (TPSA) is 77.3 Å². The number of alkyl halides is 3. The molecule has 1 aliphatic rings. The number of hydrogen-bond acceptors (Lipinski definition) is 6. The number of nitriles is 1. The van der Waals surface area contributed by atoms with Gasteiger partial charge in [0.15, 0.2) is 4.91 Å². The summed E-state index contributed by atoms with van der Waals surface area (Å²) in [5.74, 6) is 0.215. The fourth-order valence-electron chi connectivity index (χ4n) is 2.95. The van der Waals surface area contributed by atoms with Crippen LogP contribution in [0.1, 0.15) is 5.56 Å². The van der Waals surface area contributed by atoms with Crippen LogP contribution in [0.4, 0.5) is 19.0 Å². The van der Waals surface area contributed by atoms with Gasteiger partial charge < -0.3 is 9.80 Å². The highest BCUT2D eigenvalue weighted by atomic mass is 35.5. The summed E-state index contributed by atoms with van der Waals surface area (Å²) in [6.45, 7) is 1.29. The number of pyridine rings is 1. The summed E-state index contributed by atoms with van der Waals surface area (Å²) in [6.07, 6.45) is -2.55. The minimum Gasteiger partial charge on any atom is -0.372 e. The SMILES string of the molecule is N#C/C(=C/N1CCN(c2ncc(C(F)(F)F)cc2Cl)CC1)S(=O)(=O)c1ccc(Cl)cc1. The first-order valence-electron chi connectivity index (χ1n) is 8.86. The third-order valence-electron chi connectivity index (χ3n) is 4.59. The van der Waals surface area contributed by atoms with Crippen molar-refractivity contribution in [3.05, 3.63) is 63.2 Å². The molecule has 1 fully saturated rings. The second kappa shape index (κ2) is 8.94. The van der Waals surface area contributed by atoms with Crippen molar-refractivity contribution in [2.45, 2.75) is 11.1 Å². The van der Waals surface area contributed by atoms with Gasteiger partial charge in [0.05, 0.1) is 15.5 Å². The number of piperazine rings is 1. The molecule has 31 heavy (non-hydrogen) atoms. The molecule has 0 bridgehead atoms. The molecule has 2 heterocycles. The van der Waals surface area contributed by atoms with Crippen molar-refractivity contribution in [1.29, 1.82) is 5.26 Å². The van der Waals surface area contributed by atoms with Gasteiger partial charge in [-0.15, -0.1) is 0 Å². The molecule has 0 saturated carbocycles. The lowest BCUT2D eigenvalue weighted by Crippen LogP contribution is -2.44. The number of allylic oxidation sites excluding steroid dienone is 1. The number of aromatic nitrogens is 1. The third kappa shape index (κ3) is 5.23. The Labute approximate surface area is 187 Å². The molecule has 0 spiro atoms. The number of nitrogens with zero attached hydrogens (tertiary/aromatic N) is 4. The van der Waals surface area contributed by atoms with Crippen LogP contribution in [0.3, 0.4) is 0 Å². The highest BCUT2D eigenvalue weighted by molar-refractivity contribution is 7.95. The standard InChI is InChI=1S/C19H15Cl2F3N4O2S/c20-14-1-3-15(4-2-14)31(29,30)16(10-25)12-27-5-7-28(8-6-27)18-17(21)9-13(11-26-18)19(22,23)24/h1-4,9,11-12H,5-8H2/b16-12-. The molecule has 164 valence electrons. The van der Waals surface area contributed by atoms with Gasteiger partial charge in [0.25, 0.3) is 0 Å². The molecule has 6 nitrogen and oxygen atoms in total. The van der Waals surface area contributed by atoms with Crippen LogP contribution in [0.2, 0.25) is 10.0 Å². The number of halogens is 5. The largest absolute Gasteiger partial charge is 0.417 e. The van der Waals surface area contributed by atoms with Crippen molar-refractivity contribution in [2.24, 2.45) is 0 Å². The Morgan fingerprint density at radius 2 is 1.74 bits per heavy atom. The molecule has 1 aliphatic heterocycles. The van der Waals surface area contributed by atoms with Crippen molar-refractivity contribution in [3.63, 3.8) is 0 Å². The second-order valence-corrected chi connectivity index (χ2v) is 9.37. The van der Waals surface area contributed by atoms with E-state index in [4.69, 9.17) is 23.2 Å². The van der Waals surface area contributed by atoms with E-state index in [1.54, 1.807) is 15.9 Å². The average molecular weight is 491 g/mol. The fourth-order valence-corrected chi connectivity index (χ4v) is 4.51. The highest BCUT2D eigenvalue weighted by Gasteiger charge is 2.32. The normalized spacial score (nSPS) is 15.7.